The smallest absolute Gasteiger partial charge is 0.239 e. The number of ether oxygens (including phenoxy) is 1. The van der Waals surface area contributed by atoms with Gasteiger partial charge in [0.2, 0.25) is 5.91 Å². The molecule has 120 valence electrons. The van der Waals surface area contributed by atoms with Crippen molar-refractivity contribution < 1.29 is 14.6 Å². The van der Waals surface area contributed by atoms with Crippen molar-refractivity contribution in [3.05, 3.63) is 35.9 Å². The van der Waals surface area contributed by atoms with Crippen LogP contribution in [-0.4, -0.2) is 60.3 Å². The molecule has 0 aromatic heterocycles. The van der Waals surface area contributed by atoms with Crippen LogP contribution in [0.1, 0.15) is 18.1 Å². The van der Waals surface area contributed by atoms with Gasteiger partial charge < -0.3 is 20.9 Å². The molecule has 0 aliphatic carbocycles. The van der Waals surface area contributed by atoms with Gasteiger partial charge in [-0.2, -0.15) is 0 Å². The van der Waals surface area contributed by atoms with Gasteiger partial charge in [-0.25, -0.2) is 0 Å². The molecule has 4 N–H and O–H groups in total. The molecular weight excluding hydrogens is 282 g/mol. The van der Waals surface area contributed by atoms with E-state index in [4.69, 9.17) is 15.6 Å². The van der Waals surface area contributed by atoms with Gasteiger partial charge in [0.15, 0.2) is 0 Å². The second-order valence-electron chi connectivity index (χ2n) is 6.07. The summed E-state index contributed by atoms with van der Waals surface area (Å²) in [6, 6.07) is 9.79. The minimum atomic E-state index is -0.842. The maximum absolute atomic E-state index is 11.8. The largest absolute Gasteiger partial charge is 0.394 e. The van der Waals surface area contributed by atoms with Crippen LogP contribution in [0.5, 0.6) is 0 Å². The third kappa shape index (κ3) is 3.30. The molecule has 2 saturated heterocycles. The van der Waals surface area contributed by atoms with Crippen LogP contribution in [0.25, 0.3) is 0 Å². The highest BCUT2D eigenvalue weighted by molar-refractivity contribution is 5.81. The van der Waals surface area contributed by atoms with Crippen molar-refractivity contribution in [3.63, 3.8) is 0 Å². The van der Waals surface area contributed by atoms with Crippen molar-refractivity contribution in [2.45, 2.75) is 30.7 Å². The summed E-state index contributed by atoms with van der Waals surface area (Å²) in [4.78, 5) is 14.1. The number of hydrogen-bond donors (Lipinski definition) is 3. The number of carbonyl (C=O) groups is 1. The summed E-state index contributed by atoms with van der Waals surface area (Å²) in [6.45, 7) is 2.00. The van der Waals surface area contributed by atoms with Gasteiger partial charge in [-0.3, -0.25) is 9.69 Å². The van der Waals surface area contributed by atoms with Crippen LogP contribution in [0, 0.1) is 0 Å². The first kappa shape index (κ1) is 15.4. The van der Waals surface area contributed by atoms with E-state index in [-0.39, 0.29) is 24.7 Å². The highest BCUT2D eigenvalue weighted by Crippen LogP contribution is 2.30. The molecule has 6 heteroatoms. The molecule has 22 heavy (non-hydrogen) atoms. The molecule has 3 rings (SSSR count). The zero-order valence-electron chi connectivity index (χ0n) is 12.5. The fourth-order valence-electron chi connectivity index (χ4n) is 3.24. The number of nitrogens with one attached hydrogen (secondary N) is 1. The van der Waals surface area contributed by atoms with Gasteiger partial charge in [0, 0.05) is 25.2 Å². The second-order valence-corrected chi connectivity index (χ2v) is 6.07. The summed E-state index contributed by atoms with van der Waals surface area (Å²) in [5, 5.41) is 11.8. The Kier molecular flexibility index (Phi) is 4.73. The van der Waals surface area contributed by atoms with Gasteiger partial charge in [-0.1, -0.05) is 30.3 Å². The highest BCUT2D eigenvalue weighted by atomic mass is 16.5. The summed E-state index contributed by atoms with van der Waals surface area (Å²) >= 11 is 0. The number of hydrogen-bond acceptors (Lipinski definition) is 5. The van der Waals surface area contributed by atoms with E-state index >= 15 is 0 Å². The first-order chi connectivity index (χ1) is 10.7. The van der Waals surface area contributed by atoms with E-state index in [1.54, 1.807) is 0 Å². The summed E-state index contributed by atoms with van der Waals surface area (Å²) in [5.41, 5.74) is 6.73. The number of rotatable bonds is 4. The number of nitrogens with two attached hydrogens (primary N) is 1. The number of aliphatic hydroxyl groups excluding tert-OH is 1. The summed E-state index contributed by atoms with van der Waals surface area (Å²) in [5.74, 6) is -0.284. The van der Waals surface area contributed by atoms with Crippen LogP contribution in [0.4, 0.5) is 0 Å². The monoisotopic (exact) mass is 305 g/mol. The molecular formula is C16H23N3O3. The molecule has 4 atom stereocenters. The van der Waals surface area contributed by atoms with Crippen molar-refractivity contribution in [2.24, 2.45) is 5.73 Å². The van der Waals surface area contributed by atoms with Crippen LogP contribution in [0.3, 0.4) is 0 Å². The summed E-state index contributed by atoms with van der Waals surface area (Å²) < 4.78 is 5.98. The maximum atomic E-state index is 11.8. The Morgan fingerprint density at radius 3 is 2.91 bits per heavy atom. The van der Waals surface area contributed by atoms with E-state index in [9.17, 15) is 4.79 Å². The Hall–Kier alpha value is -1.47. The van der Waals surface area contributed by atoms with Crippen LogP contribution in [-0.2, 0) is 9.53 Å². The van der Waals surface area contributed by atoms with Crippen molar-refractivity contribution in [1.29, 1.82) is 0 Å². The lowest BCUT2D eigenvalue weighted by Crippen LogP contribution is -2.48. The third-order valence-electron chi connectivity index (χ3n) is 4.47. The Morgan fingerprint density at radius 1 is 1.41 bits per heavy atom. The molecule has 6 nitrogen and oxygen atoms in total. The maximum Gasteiger partial charge on any atom is 0.239 e. The molecule has 1 amide bonds. The van der Waals surface area contributed by atoms with Crippen LogP contribution in [0.2, 0.25) is 0 Å². The number of carbonyl (C=O) groups excluding carboxylic acids is 1. The van der Waals surface area contributed by atoms with E-state index < -0.39 is 6.04 Å². The third-order valence-corrected chi connectivity index (χ3v) is 4.47. The Labute approximate surface area is 130 Å². The molecule has 2 aliphatic rings. The second kappa shape index (κ2) is 6.75. The first-order valence-corrected chi connectivity index (χ1v) is 7.74. The number of fused-ring (bicyclic) bond motifs is 1. The molecule has 1 aromatic carbocycles. The summed E-state index contributed by atoms with van der Waals surface area (Å²) in [7, 11) is 0. The van der Waals surface area contributed by atoms with Gasteiger partial charge in [0.05, 0.1) is 19.3 Å². The molecule has 0 spiro atoms. The standard InChI is InChI=1S/C16H23N3O3/c17-14(9-20)16(21)18-12-6-13-10-22-15(8-19(13)7-12)11-4-2-1-3-5-11/h1-5,12-15,20H,6-10,17H2,(H,18,21)/t12-,13+,14+,15-/m1/s1. The average molecular weight is 305 g/mol. The van der Waals surface area contributed by atoms with Gasteiger partial charge >= 0.3 is 0 Å². The van der Waals surface area contributed by atoms with Crippen molar-refractivity contribution >= 4 is 5.91 Å². The van der Waals surface area contributed by atoms with Crippen molar-refractivity contribution in [3.8, 4) is 0 Å². The first-order valence-electron chi connectivity index (χ1n) is 7.74. The molecule has 0 bridgehead atoms. The molecule has 1 aromatic rings. The van der Waals surface area contributed by atoms with Gasteiger partial charge in [0.25, 0.3) is 0 Å². The average Bonchev–Trinajstić information content (AvgIpc) is 2.96. The Balaban J connectivity index is 1.57. The lowest BCUT2D eigenvalue weighted by Gasteiger charge is -2.35. The summed E-state index contributed by atoms with van der Waals surface area (Å²) in [6.07, 6.45) is 0.956. The van der Waals surface area contributed by atoms with E-state index in [0.717, 1.165) is 19.5 Å². The van der Waals surface area contributed by atoms with E-state index in [2.05, 4.69) is 22.3 Å². The predicted octanol–water partition coefficient (Wildman–Crippen LogP) is -0.363. The number of aliphatic hydroxyl groups is 1. The number of benzene rings is 1. The fraction of sp³-hybridized carbons (Fsp3) is 0.562. The minimum Gasteiger partial charge on any atom is -0.394 e. The van der Waals surface area contributed by atoms with Crippen LogP contribution >= 0.6 is 0 Å². The van der Waals surface area contributed by atoms with Gasteiger partial charge in [-0.15, -0.1) is 0 Å². The Bertz CT molecular complexity index is 511. The van der Waals surface area contributed by atoms with Crippen molar-refractivity contribution in [2.75, 3.05) is 26.3 Å². The molecule has 0 unspecified atom stereocenters. The number of amides is 1. The normalized spacial score (nSPS) is 29.8. The number of nitrogens with zero attached hydrogens (tertiary/aromatic N) is 1. The molecule has 2 fully saturated rings. The topological polar surface area (TPSA) is 87.8 Å². The number of morpholine rings is 1. The van der Waals surface area contributed by atoms with E-state index in [1.807, 2.05) is 18.2 Å². The molecule has 2 aliphatic heterocycles. The minimum absolute atomic E-state index is 0.0771. The quantitative estimate of drug-likeness (QED) is 0.707. The lowest BCUT2D eigenvalue weighted by atomic mass is 10.1. The van der Waals surface area contributed by atoms with Crippen LogP contribution < -0.4 is 11.1 Å². The van der Waals surface area contributed by atoms with Crippen molar-refractivity contribution in [1.82, 2.24) is 10.2 Å². The van der Waals surface area contributed by atoms with Gasteiger partial charge in [-0.05, 0) is 12.0 Å². The fourth-order valence-corrected chi connectivity index (χ4v) is 3.24. The molecule has 2 heterocycles. The zero-order valence-corrected chi connectivity index (χ0v) is 12.5. The van der Waals surface area contributed by atoms with Crippen LogP contribution in [0.15, 0.2) is 30.3 Å². The zero-order chi connectivity index (χ0) is 15.5. The predicted molar refractivity (Wildman–Crippen MR) is 82.1 cm³/mol. The molecule has 0 radical (unpaired) electrons. The SMILES string of the molecule is N[C@@H](CO)C(=O)N[C@@H]1C[C@H]2CO[C@@H](c3ccccc3)CN2C1. The molecule has 0 saturated carbocycles. The van der Waals surface area contributed by atoms with E-state index in [0.29, 0.717) is 12.6 Å². The highest BCUT2D eigenvalue weighted by Gasteiger charge is 2.38. The Morgan fingerprint density at radius 2 is 2.18 bits per heavy atom. The lowest BCUT2D eigenvalue weighted by molar-refractivity contribution is -0.123. The van der Waals surface area contributed by atoms with E-state index in [1.165, 1.54) is 5.56 Å². The van der Waals surface area contributed by atoms with Gasteiger partial charge in [0.1, 0.15) is 6.04 Å².